The van der Waals surface area contributed by atoms with Crippen molar-refractivity contribution in [1.82, 2.24) is 9.78 Å². The Bertz CT molecular complexity index is 417. The van der Waals surface area contributed by atoms with Crippen molar-refractivity contribution in [3.63, 3.8) is 0 Å². The second-order valence-corrected chi connectivity index (χ2v) is 6.13. The van der Waals surface area contributed by atoms with Crippen LogP contribution in [0.3, 0.4) is 0 Å². The Hall–Kier alpha value is -1.12. The molecule has 0 aromatic carbocycles. The summed E-state index contributed by atoms with van der Waals surface area (Å²) in [5.74, 6) is 0.659. The molecule has 0 radical (unpaired) electrons. The van der Waals surface area contributed by atoms with Crippen LogP contribution in [0.15, 0.2) is 11.2 Å². The maximum Gasteiger partial charge on any atom is 0.0534 e. The Labute approximate surface area is 104 Å². The average Bonchev–Trinajstić information content (AvgIpc) is 2.52. The van der Waals surface area contributed by atoms with Crippen LogP contribution in [0.5, 0.6) is 0 Å². The lowest BCUT2D eigenvalue weighted by Crippen LogP contribution is -2.29. The van der Waals surface area contributed by atoms with Crippen LogP contribution in [0.2, 0.25) is 0 Å². The minimum absolute atomic E-state index is 0.191. The van der Waals surface area contributed by atoms with E-state index in [4.69, 9.17) is 0 Å². The first-order chi connectivity index (χ1) is 7.93. The molecule has 3 heteroatoms. The summed E-state index contributed by atoms with van der Waals surface area (Å²) in [6, 6.07) is 0.578. The fraction of sp³-hybridized carbons (Fsp3) is 0.714. The van der Waals surface area contributed by atoms with Crippen molar-refractivity contribution in [2.75, 3.05) is 7.05 Å². The average molecular weight is 233 g/mol. The van der Waals surface area contributed by atoms with E-state index in [1.165, 1.54) is 24.1 Å². The van der Waals surface area contributed by atoms with Gasteiger partial charge in [-0.3, -0.25) is 4.68 Å². The second kappa shape index (κ2) is 4.28. The lowest BCUT2D eigenvalue weighted by molar-refractivity contribution is 0.239. The van der Waals surface area contributed by atoms with E-state index in [1.807, 2.05) is 13.2 Å². The van der Waals surface area contributed by atoms with Crippen molar-refractivity contribution in [2.24, 2.45) is 10.9 Å². The molecule has 0 atom stereocenters. The van der Waals surface area contributed by atoms with E-state index in [0.717, 1.165) is 0 Å². The zero-order valence-electron chi connectivity index (χ0n) is 11.6. The minimum atomic E-state index is 0.191. The van der Waals surface area contributed by atoms with Crippen LogP contribution in [0.1, 0.15) is 50.9 Å². The zero-order valence-corrected chi connectivity index (χ0v) is 11.6. The first kappa shape index (κ1) is 12.3. The fourth-order valence-electron chi connectivity index (χ4n) is 2.69. The van der Waals surface area contributed by atoms with Crippen LogP contribution in [0.25, 0.3) is 0 Å². The van der Waals surface area contributed by atoms with Crippen molar-refractivity contribution in [3.05, 3.63) is 17.5 Å². The standard InChI is InChI=1S/C14H23N3/c1-10-13(14(2,3)4)9-16-17(10)12-6-11(7-12)8-15-5/h8-9,11-12H,6-7H2,1-5H3/b15-8-. The van der Waals surface area contributed by atoms with Crippen molar-refractivity contribution >= 4 is 6.21 Å². The molecule has 0 unspecified atom stereocenters. The van der Waals surface area contributed by atoms with Gasteiger partial charge in [-0.05, 0) is 36.7 Å². The Balaban J connectivity index is 2.12. The molecule has 0 aliphatic heterocycles. The van der Waals surface area contributed by atoms with Gasteiger partial charge in [0, 0.05) is 19.0 Å². The number of rotatable bonds is 2. The van der Waals surface area contributed by atoms with Crippen LogP contribution >= 0.6 is 0 Å². The van der Waals surface area contributed by atoms with E-state index >= 15 is 0 Å². The van der Waals surface area contributed by atoms with E-state index < -0.39 is 0 Å². The van der Waals surface area contributed by atoms with Gasteiger partial charge in [-0.2, -0.15) is 5.10 Å². The molecule has 1 saturated carbocycles. The van der Waals surface area contributed by atoms with Crippen LogP contribution in [0, 0.1) is 12.8 Å². The van der Waals surface area contributed by atoms with Gasteiger partial charge in [0.25, 0.3) is 0 Å². The molecule has 3 nitrogen and oxygen atoms in total. The summed E-state index contributed by atoms with van der Waals surface area (Å²) in [4.78, 5) is 4.10. The van der Waals surface area contributed by atoms with E-state index in [2.05, 4.69) is 48.7 Å². The predicted octanol–water partition coefficient (Wildman–Crippen LogP) is 3.14. The molecular weight excluding hydrogens is 210 g/mol. The van der Waals surface area contributed by atoms with Crippen molar-refractivity contribution < 1.29 is 0 Å². The third kappa shape index (κ3) is 2.28. The van der Waals surface area contributed by atoms with Gasteiger partial charge >= 0.3 is 0 Å². The number of aromatic nitrogens is 2. The van der Waals surface area contributed by atoms with Gasteiger partial charge in [-0.15, -0.1) is 0 Å². The van der Waals surface area contributed by atoms with Crippen LogP contribution in [0.4, 0.5) is 0 Å². The summed E-state index contributed by atoms with van der Waals surface area (Å²) in [5, 5.41) is 4.57. The highest BCUT2D eigenvalue weighted by Gasteiger charge is 2.32. The number of aliphatic imine (C=N–C) groups is 1. The molecule has 1 aliphatic carbocycles. The van der Waals surface area contributed by atoms with Crippen LogP contribution in [-0.2, 0) is 5.41 Å². The summed E-state index contributed by atoms with van der Waals surface area (Å²) in [6.07, 6.45) is 6.48. The van der Waals surface area contributed by atoms with Crippen molar-refractivity contribution in [2.45, 2.75) is 52.0 Å². The normalized spacial score (nSPS) is 25.2. The highest BCUT2D eigenvalue weighted by atomic mass is 15.3. The highest BCUT2D eigenvalue weighted by molar-refractivity contribution is 5.61. The monoisotopic (exact) mass is 233 g/mol. The molecule has 1 fully saturated rings. The number of hydrogen-bond donors (Lipinski definition) is 0. The molecule has 0 N–H and O–H groups in total. The smallest absolute Gasteiger partial charge is 0.0534 e. The maximum atomic E-state index is 4.57. The molecule has 2 rings (SSSR count). The van der Waals surface area contributed by atoms with Crippen molar-refractivity contribution in [3.8, 4) is 0 Å². The molecule has 1 aromatic rings. The number of nitrogens with zero attached hydrogens (tertiary/aromatic N) is 3. The number of hydrogen-bond acceptors (Lipinski definition) is 2. The molecule has 1 heterocycles. The third-order valence-corrected chi connectivity index (χ3v) is 3.71. The van der Waals surface area contributed by atoms with Crippen LogP contribution < -0.4 is 0 Å². The van der Waals surface area contributed by atoms with Gasteiger partial charge in [0.05, 0.1) is 12.2 Å². The topological polar surface area (TPSA) is 30.2 Å². The first-order valence-electron chi connectivity index (χ1n) is 6.40. The molecule has 1 aliphatic rings. The SMILES string of the molecule is C/N=C\C1CC(n2ncc(C(C)(C)C)c2C)C1. The quantitative estimate of drug-likeness (QED) is 0.722. The molecule has 17 heavy (non-hydrogen) atoms. The lowest BCUT2D eigenvalue weighted by Gasteiger charge is -2.34. The molecule has 0 saturated heterocycles. The predicted molar refractivity (Wildman–Crippen MR) is 71.8 cm³/mol. The zero-order chi connectivity index (χ0) is 12.6. The molecular formula is C14H23N3. The summed E-state index contributed by atoms with van der Waals surface area (Å²) in [7, 11) is 1.85. The van der Waals surface area contributed by atoms with Crippen molar-refractivity contribution in [1.29, 1.82) is 0 Å². The Kier molecular flexibility index (Phi) is 3.11. The van der Waals surface area contributed by atoms with E-state index in [1.54, 1.807) is 0 Å². The fourth-order valence-corrected chi connectivity index (χ4v) is 2.69. The van der Waals surface area contributed by atoms with Gasteiger partial charge < -0.3 is 4.99 Å². The molecule has 1 aromatic heterocycles. The Morgan fingerprint density at radius 2 is 2.06 bits per heavy atom. The molecule has 94 valence electrons. The van der Waals surface area contributed by atoms with Gasteiger partial charge in [0.2, 0.25) is 0 Å². The summed E-state index contributed by atoms with van der Waals surface area (Å²) in [5.41, 5.74) is 2.88. The third-order valence-electron chi connectivity index (χ3n) is 3.71. The molecule has 0 bridgehead atoms. The van der Waals surface area contributed by atoms with Gasteiger partial charge in [0.15, 0.2) is 0 Å². The largest absolute Gasteiger partial charge is 0.301 e. The highest BCUT2D eigenvalue weighted by Crippen LogP contribution is 2.38. The summed E-state index contributed by atoms with van der Waals surface area (Å²) < 4.78 is 2.21. The van der Waals surface area contributed by atoms with Gasteiger partial charge in [-0.1, -0.05) is 20.8 Å². The molecule has 0 spiro atoms. The van der Waals surface area contributed by atoms with E-state index in [0.29, 0.717) is 12.0 Å². The first-order valence-corrected chi connectivity index (χ1v) is 6.40. The summed E-state index contributed by atoms with van der Waals surface area (Å²) in [6.45, 7) is 8.92. The van der Waals surface area contributed by atoms with E-state index in [9.17, 15) is 0 Å². The summed E-state index contributed by atoms with van der Waals surface area (Å²) >= 11 is 0. The minimum Gasteiger partial charge on any atom is -0.301 e. The lowest BCUT2D eigenvalue weighted by atomic mass is 9.80. The van der Waals surface area contributed by atoms with E-state index in [-0.39, 0.29) is 5.41 Å². The van der Waals surface area contributed by atoms with Gasteiger partial charge in [0.1, 0.15) is 0 Å². The Morgan fingerprint density at radius 1 is 1.41 bits per heavy atom. The molecule has 0 amide bonds. The Morgan fingerprint density at radius 3 is 2.53 bits per heavy atom. The maximum absolute atomic E-state index is 4.57. The van der Waals surface area contributed by atoms with Gasteiger partial charge in [-0.25, -0.2) is 0 Å². The second-order valence-electron chi connectivity index (χ2n) is 6.13. The van der Waals surface area contributed by atoms with Crippen LogP contribution in [-0.4, -0.2) is 23.0 Å².